The summed E-state index contributed by atoms with van der Waals surface area (Å²) in [5.74, 6) is 1.80. The van der Waals surface area contributed by atoms with E-state index in [1.807, 2.05) is 0 Å². The molecule has 0 aliphatic heterocycles. The van der Waals surface area contributed by atoms with Crippen LogP contribution >= 0.6 is 0 Å². The van der Waals surface area contributed by atoms with Crippen molar-refractivity contribution in [3.63, 3.8) is 0 Å². The Balaban J connectivity index is 4.62. The number of amides is 1. The van der Waals surface area contributed by atoms with Crippen molar-refractivity contribution in [3.05, 3.63) is 0 Å². The first kappa shape index (κ1) is 61.6. The first-order chi connectivity index (χ1) is 30.9. The molecule has 5 heteroatoms. The first-order valence-corrected chi connectivity index (χ1v) is 28.9. The fourth-order valence-corrected chi connectivity index (χ4v) is 9.83. The van der Waals surface area contributed by atoms with E-state index < -0.39 is 0 Å². The van der Waals surface area contributed by atoms with Gasteiger partial charge in [-0.05, 0) is 70.6 Å². The number of hydrogen-bond donors (Lipinski definition) is 0. The minimum absolute atomic E-state index is 0.0114. The van der Waals surface area contributed by atoms with Gasteiger partial charge in [-0.25, -0.2) is 0 Å². The molecule has 0 radical (unpaired) electrons. The lowest BCUT2D eigenvalue weighted by molar-refractivity contribution is -0.145. The average Bonchev–Trinajstić information content (AvgIpc) is 3.28. The molecule has 0 aliphatic carbocycles. The van der Waals surface area contributed by atoms with Crippen LogP contribution in [-0.2, 0) is 19.1 Å². The molecule has 0 aromatic heterocycles. The van der Waals surface area contributed by atoms with Crippen molar-refractivity contribution in [1.29, 1.82) is 0 Å². The molecule has 0 fully saturated rings. The van der Waals surface area contributed by atoms with Crippen molar-refractivity contribution < 1.29 is 19.1 Å². The third-order valence-electron chi connectivity index (χ3n) is 14.2. The highest BCUT2D eigenvalue weighted by Crippen LogP contribution is 2.24. The Bertz CT molecular complexity index is 958. The highest BCUT2D eigenvalue weighted by atomic mass is 16.5. The summed E-state index contributed by atoms with van der Waals surface area (Å²) in [5.41, 5.74) is 0. The SMILES string of the molecule is CCCCCCCC(=O)N(CC)C(CCCCCCCCCC(=O)OCC(CCCCCC)CCCCCC)CCCCCCCCCC(=O)C(CCCCCC)CCCCCC. The van der Waals surface area contributed by atoms with Gasteiger partial charge in [0.25, 0.3) is 0 Å². The van der Waals surface area contributed by atoms with Gasteiger partial charge >= 0.3 is 5.97 Å². The maximum atomic E-state index is 13.5. The molecule has 0 aromatic rings. The van der Waals surface area contributed by atoms with Crippen molar-refractivity contribution >= 4 is 17.7 Å². The maximum Gasteiger partial charge on any atom is 0.305 e. The van der Waals surface area contributed by atoms with Gasteiger partial charge in [-0.15, -0.1) is 0 Å². The van der Waals surface area contributed by atoms with Crippen LogP contribution in [0.5, 0.6) is 0 Å². The Morgan fingerprint density at radius 1 is 0.365 bits per heavy atom. The first-order valence-electron chi connectivity index (χ1n) is 28.9. The molecule has 1 amide bonds. The lowest BCUT2D eigenvalue weighted by Gasteiger charge is -2.31. The third kappa shape index (κ3) is 39.5. The van der Waals surface area contributed by atoms with Crippen LogP contribution in [0.15, 0.2) is 0 Å². The van der Waals surface area contributed by atoms with Gasteiger partial charge in [0.15, 0.2) is 0 Å². The fraction of sp³-hybridized carbons (Fsp3) is 0.948. The Morgan fingerprint density at radius 2 is 0.698 bits per heavy atom. The van der Waals surface area contributed by atoms with E-state index in [9.17, 15) is 14.4 Å². The summed E-state index contributed by atoms with van der Waals surface area (Å²) in [6, 6.07) is 0.374. The van der Waals surface area contributed by atoms with Crippen molar-refractivity contribution in [1.82, 2.24) is 4.90 Å². The Labute approximate surface area is 395 Å². The number of carbonyl (C=O) groups is 3. The van der Waals surface area contributed by atoms with Crippen LogP contribution in [0.1, 0.15) is 324 Å². The Morgan fingerprint density at radius 3 is 1.13 bits per heavy atom. The van der Waals surface area contributed by atoms with E-state index in [1.54, 1.807) is 0 Å². The van der Waals surface area contributed by atoms with E-state index >= 15 is 0 Å². The number of unbranched alkanes of at least 4 members (excludes halogenated alkanes) is 28. The van der Waals surface area contributed by atoms with Crippen LogP contribution in [0.2, 0.25) is 0 Å². The summed E-state index contributed by atoms with van der Waals surface area (Å²) in [5, 5.41) is 0. The highest BCUT2D eigenvalue weighted by Gasteiger charge is 2.22. The number of nitrogens with zero attached hydrogens (tertiary/aromatic N) is 1. The minimum Gasteiger partial charge on any atom is -0.465 e. The summed E-state index contributed by atoms with van der Waals surface area (Å²) in [7, 11) is 0. The van der Waals surface area contributed by atoms with Gasteiger partial charge < -0.3 is 9.64 Å². The molecular weight excluding hydrogens is 775 g/mol. The number of Topliss-reactive ketones (excluding diaryl/α,β-unsaturated/α-hetero) is 1. The van der Waals surface area contributed by atoms with Crippen molar-refractivity contribution in [2.24, 2.45) is 11.8 Å². The Kier molecular flexibility index (Phi) is 47.5. The zero-order valence-corrected chi connectivity index (χ0v) is 43.8. The van der Waals surface area contributed by atoms with Gasteiger partial charge in [-0.1, -0.05) is 240 Å². The van der Waals surface area contributed by atoms with Gasteiger partial charge in [0, 0.05) is 37.8 Å². The number of ketones is 1. The van der Waals surface area contributed by atoms with Gasteiger partial charge in [0.2, 0.25) is 5.91 Å². The summed E-state index contributed by atoms with van der Waals surface area (Å²) < 4.78 is 5.81. The van der Waals surface area contributed by atoms with Crippen LogP contribution < -0.4 is 0 Å². The lowest BCUT2D eigenvalue weighted by atomic mass is 9.88. The van der Waals surface area contributed by atoms with E-state index in [0.29, 0.717) is 49.0 Å². The number of carbonyl (C=O) groups excluding carboxylic acids is 3. The summed E-state index contributed by atoms with van der Waals surface area (Å²) in [6.45, 7) is 15.0. The summed E-state index contributed by atoms with van der Waals surface area (Å²) >= 11 is 0. The van der Waals surface area contributed by atoms with Crippen LogP contribution in [0.3, 0.4) is 0 Å². The zero-order valence-electron chi connectivity index (χ0n) is 43.8. The molecule has 0 aromatic carbocycles. The van der Waals surface area contributed by atoms with E-state index in [-0.39, 0.29) is 5.97 Å². The molecule has 374 valence electrons. The van der Waals surface area contributed by atoms with Gasteiger partial charge in [0.1, 0.15) is 5.78 Å². The molecule has 0 saturated heterocycles. The fourth-order valence-electron chi connectivity index (χ4n) is 9.83. The predicted molar refractivity (Wildman–Crippen MR) is 276 cm³/mol. The smallest absolute Gasteiger partial charge is 0.305 e. The zero-order chi connectivity index (χ0) is 46.3. The third-order valence-corrected chi connectivity index (χ3v) is 14.2. The molecule has 1 atom stereocenters. The molecule has 0 N–H and O–H groups in total. The second-order valence-corrected chi connectivity index (χ2v) is 20.1. The monoisotopic (exact) mass is 888 g/mol. The molecule has 5 nitrogen and oxygen atoms in total. The molecule has 1 unspecified atom stereocenters. The standard InChI is InChI=1S/C58H113NO4/c1-7-13-18-29-41-50-57(61)59(12-6)55(47-38-30-25-23-27-32-40-49-56(60)54(45-36-21-16-10-4)46-37-22-17-11-5)48-39-31-26-24-28-33-42-51-58(62)63-52-53(43-34-19-14-8-2)44-35-20-15-9-3/h53-55H,7-52H2,1-6H3. The number of rotatable bonds is 51. The molecular formula is C58H113NO4. The quantitative estimate of drug-likeness (QED) is 0.0451. The Hall–Kier alpha value is -1.39. The normalized spacial score (nSPS) is 12.1. The number of hydrogen-bond acceptors (Lipinski definition) is 4. The number of ether oxygens (including phenoxy) is 1. The van der Waals surface area contributed by atoms with Crippen molar-refractivity contribution in [2.45, 2.75) is 330 Å². The van der Waals surface area contributed by atoms with E-state index in [1.165, 1.54) is 212 Å². The minimum atomic E-state index is 0.0114. The molecule has 0 rings (SSSR count). The molecule has 0 spiro atoms. The molecule has 0 aliphatic rings. The summed E-state index contributed by atoms with van der Waals surface area (Å²) in [4.78, 5) is 41.5. The molecule has 63 heavy (non-hydrogen) atoms. The second kappa shape index (κ2) is 48.5. The lowest BCUT2D eigenvalue weighted by Crippen LogP contribution is -2.40. The van der Waals surface area contributed by atoms with Crippen molar-refractivity contribution in [3.8, 4) is 0 Å². The van der Waals surface area contributed by atoms with Crippen LogP contribution in [-0.4, -0.2) is 41.8 Å². The van der Waals surface area contributed by atoms with Crippen LogP contribution in [0, 0.1) is 11.8 Å². The topological polar surface area (TPSA) is 63.7 Å². The molecule has 0 saturated carbocycles. The highest BCUT2D eigenvalue weighted by molar-refractivity contribution is 5.80. The van der Waals surface area contributed by atoms with Crippen molar-refractivity contribution in [2.75, 3.05) is 13.2 Å². The van der Waals surface area contributed by atoms with E-state index in [4.69, 9.17) is 4.74 Å². The summed E-state index contributed by atoms with van der Waals surface area (Å²) in [6.07, 6.45) is 52.1. The van der Waals surface area contributed by atoms with Gasteiger partial charge in [-0.2, -0.15) is 0 Å². The number of esters is 1. The maximum absolute atomic E-state index is 13.5. The van der Waals surface area contributed by atoms with Crippen LogP contribution in [0.25, 0.3) is 0 Å². The molecule has 0 bridgehead atoms. The average molecular weight is 889 g/mol. The van der Waals surface area contributed by atoms with Gasteiger partial charge in [0.05, 0.1) is 6.61 Å². The van der Waals surface area contributed by atoms with E-state index in [0.717, 1.165) is 64.3 Å². The van der Waals surface area contributed by atoms with E-state index in [2.05, 4.69) is 46.4 Å². The van der Waals surface area contributed by atoms with Gasteiger partial charge in [-0.3, -0.25) is 14.4 Å². The second-order valence-electron chi connectivity index (χ2n) is 20.1. The molecule has 0 heterocycles. The van der Waals surface area contributed by atoms with Crippen LogP contribution in [0.4, 0.5) is 0 Å². The largest absolute Gasteiger partial charge is 0.465 e. The predicted octanol–water partition coefficient (Wildman–Crippen LogP) is 18.8.